The van der Waals surface area contributed by atoms with Gasteiger partial charge in [-0.2, -0.15) is 4.98 Å². The predicted octanol–water partition coefficient (Wildman–Crippen LogP) is 2.23. The number of alkyl halides is 2. The van der Waals surface area contributed by atoms with E-state index in [1.54, 1.807) is 0 Å². The van der Waals surface area contributed by atoms with Crippen LogP contribution in [-0.4, -0.2) is 22.3 Å². The molecule has 0 saturated heterocycles. The molecular formula is C13H12F2N2O2. The summed E-state index contributed by atoms with van der Waals surface area (Å²) in [6.45, 7) is 0. The molecule has 0 N–H and O–H groups in total. The van der Waals surface area contributed by atoms with E-state index >= 15 is 0 Å². The van der Waals surface area contributed by atoms with E-state index in [0.717, 1.165) is 12.0 Å². The van der Waals surface area contributed by atoms with Gasteiger partial charge in [-0.3, -0.25) is 4.79 Å². The molecule has 0 atom stereocenters. The van der Waals surface area contributed by atoms with Crippen LogP contribution in [-0.2, 0) is 24.1 Å². The van der Waals surface area contributed by atoms with Crippen LogP contribution in [0.3, 0.4) is 0 Å². The highest BCUT2D eigenvalue weighted by atomic mass is 19.3. The second kappa shape index (κ2) is 6.17. The Kier molecular flexibility index (Phi) is 4.33. The molecule has 0 radical (unpaired) electrons. The van der Waals surface area contributed by atoms with Crippen molar-refractivity contribution in [3.8, 4) is 0 Å². The van der Waals surface area contributed by atoms with Crippen molar-refractivity contribution in [2.45, 2.75) is 25.7 Å². The number of ketones is 1. The Balaban J connectivity index is 1.89. The number of aryl methyl sites for hydroxylation is 2. The van der Waals surface area contributed by atoms with E-state index in [1.807, 2.05) is 30.3 Å². The van der Waals surface area contributed by atoms with Crippen LogP contribution >= 0.6 is 0 Å². The second-order valence-electron chi connectivity index (χ2n) is 4.03. The van der Waals surface area contributed by atoms with Crippen LogP contribution in [0.5, 0.6) is 0 Å². The molecule has 0 aliphatic carbocycles. The van der Waals surface area contributed by atoms with E-state index in [2.05, 4.69) is 10.1 Å². The number of rotatable bonds is 6. The molecule has 0 amide bonds. The number of nitrogens with zero attached hydrogens (tertiary/aromatic N) is 2. The van der Waals surface area contributed by atoms with Crippen LogP contribution in [0.4, 0.5) is 8.78 Å². The van der Waals surface area contributed by atoms with Crippen LogP contribution < -0.4 is 0 Å². The lowest BCUT2D eigenvalue weighted by molar-refractivity contribution is -0.129. The summed E-state index contributed by atoms with van der Waals surface area (Å²) in [6, 6.07) is 9.73. The first-order valence-corrected chi connectivity index (χ1v) is 5.81. The highest BCUT2D eigenvalue weighted by molar-refractivity contribution is 5.82. The molecule has 0 saturated carbocycles. The van der Waals surface area contributed by atoms with Gasteiger partial charge in [0, 0.05) is 6.42 Å². The van der Waals surface area contributed by atoms with Gasteiger partial charge in [0.2, 0.25) is 11.7 Å². The maximum Gasteiger partial charge on any atom is 0.296 e. The second-order valence-corrected chi connectivity index (χ2v) is 4.03. The van der Waals surface area contributed by atoms with E-state index in [1.165, 1.54) is 0 Å². The maximum atomic E-state index is 12.1. The third-order valence-corrected chi connectivity index (χ3v) is 2.56. The van der Waals surface area contributed by atoms with Gasteiger partial charge in [-0.05, 0) is 12.0 Å². The molecule has 0 bridgehead atoms. The Labute approximate surface area is 108 Å². The maximum absolute atomic E-state index is 12.1. The van der Waals surface area contributed by atoms with Gasteiger partial charge in [0.15, 0.2) is 5.82 Å². The van der Waals surface area contributed by atoms with Gasteiger partial charge in [0.05, 0.1) is 6.42 Å². The zero-order valence-corrected chi connectivity index (χ0v) is 10.1. The van der Waals surface area contributed by atoms with E-state index < -0.39 is 18.6 Å². The summed E-state index contributed by atoms with van der Waals surface area (Å²) < 4.78 is 28.9. The highest BCUT2D eigenvalue weighted by Crippen LogP contribution is 2.07. The van der Waals surface area contributed by atoms with Crippen molar-refractivity contribution in [1.82, 2.24) is 10.1 Å². The molecule has 4 nitrogen and oxygen atoms in total. The molecule has 2 aromatic rings. The first-order chi connectivity index (χ1) is 9.15. The molecule has 0 aliphatic heterocycles. The minimum Gasteiger partial charge on any atom is -0.339 e. The van der Waals surface area contributed by atoms with Crippen molar-refractivity contribution in [3.05, 3.63) is 47.6 Å². The van der Waals surface area contributed by atoms with Crippen molar-refractivity contribution in [3.63, 3.8) is 0 Å². The minimum absolute atomic E-state index is 0.0617. The smallest absolute Gasteiger partial charge is 0.296 e. The zero-order valence-electron chi connectivity index (χ0n) is 10.1. The number of carbonyl (C=O) groups is 1. The Morgan fingerprint density at radius 3 is 2.63 bits per heavy atom. The molecule has 1 aromatic carbocycles. The van der Waals surface area contributed by atoms with E-state index in [9.17, 15) is 13.6 Å². The lowest BCUT2D eigenvalue weighted by Crippen LogP contribution is -2.13. The Hall–Kier alpha value is -2.11. The van der Waals surface area contributed by atoms with Gasteiger partial charge in [-0.1, -0.05) is 35.5 Å². The molecule has 19 heavy (non-hydrogen) atoms. The molecule has 100 valence electrons. The summed E-state index contributed by atoms with van der Waals surface area (Å²) in [5.41, 5.74) is 1.12. The summed E-state index contributed by atoms with van der Waals surface area (Å²) in [5, 5.41) is 3.66. The summed E-state index contributed by atoms with van der Waals surface area (Å²) in [6.07, 6.45) is -2.26. The van der Waals surface area contributed by atoms with Gasteiger partial charge in [-0.15, -0.1) is 0 Å². The Morgan fingerprint density at radius 1 is 1.21 bits per heavy atom. The van der Waals surface area contributed by atoms with Gasteiger partial charge in [0.25, 0.3) is 6.43 Å². The third-order valence-electron chi connectivity index (χ3n) is 2.56. The standard InChI is InChI=1S/C13H12F2N2O2/c14-13(15)10(18)8-12-16-11(17-19-12)7-6-9-4-2-1-3-5-9/h1-5,13H,6-8H2. The van der Waals surface area contributed by atoms with Gasteiger partial charge in [0.1, 0.15) is 0 Å². The normalized spacial score (nSPS) is 10.9. The number of hydrogen-bond donors (Lipinski definition) is 0. The fourth-order valence-corrected chi connectivity index (χ4v) is 1.59. The van der Waals surface area contributed by atoms with Gasteiger partial charge >= 0.3 is 0 Å². The number of aromatic nitrogens is 2. The molecule has 0 spiro atoms. The molecule has 0 fully saturated rings. The first-order valence-electron chi connectivity index (χ1n) is 5.81. The summed E-state index contributed by atoms with van der Waals surface area (Å²) in [5.74, 6) is -0.854. The SMILES string of the molecule is O=C(Cc1nc(CCc2ccccc2)no1)C(F)F. The molecule has 2 rings (SSSR count). The number of Topliss-reactive ketones (excluding diaryl/α,β-unsaturated/α-hetero) is 1. The summed E-state index contributed by atoms with van der Waals surface area (Å²) in [7, 11) is 0. The summed E-state index contributed by atoms with van der Waals surface area (Å²) in [4.78, 5) is 14.7. The first kappa shape index (κ1) is 13.3. The van der Waals surface area contributed by atoms with Crippen molar-refractivity contribution in [2.24, 2.45) is 0 Å². The molecule has 0 unspecified atom stereocenters. The van der Waals surface area contributed by atoms with Crippen LogP contribution in [0.2, 0.25) is 0 Å². The number of halogens is 2. The minimum atomic E-state index is -3.00. The fourth-order valence-electron chi connectivity index (χ4n) is 1.59. The van der Waals surface area contributed by atoms with Gasteiger partial charge in [-0.25, -0.2) is 8.78 Å². The number of carbonyl (C=O) groups excluding carboxylic acids is 1. The van der Waals surface area contributed by atoms with Crippen LogP contribution in [0.1, 0.15) is 17.3 Å². The fraction of sp³-hybridized carbons (Fsp3) is 0.308. The molecule has 1 aromatic heterocycles. The summed E-state index contributed by atoms with van der Waals surface area (Å²) >= 11 is 0. The lowest BCUT2D eigenvalue weighted by Gasteiger charge is -1.96. The van der Waals surface area contributed by atoms with Crippen molar-refractivity contribution in [1.29, 1.82) is 0 Å². The quantitative estimate of drug-likeness (QED) is 0.804. The van der Waals surface area contributed by atoms with Crippen LogP contribution in [0.15, 0.2) is 34.9 Å². The van der Waals surface area contributed by atoms with Crippen LogP contribution in [0, 0.1) is 0 Å². The average Bonchev–Trinajstić information content (AvgIpc) is 2.85. The lowest BCUT2D eigenvalue weighted by atomic mass is 10.1. The Morgan fingerprint density at radius 2 is 1.95 bits per heavy atom. The van der Waals surface area contributed by atoms with E-state index in [0.29, 0.717) is 12.2 Å². The Bertz CT molecular complexity index is 541. The predicted molar refractivity (Wildman–Crippen MR) is 62.9 cm³/mol. The zero-order chi connectivity index (χ0) is 13.7. The third kappa shape index (κ3) is 3.94. The van der Waals surface area contributed by atoms with Crippen molar-refractivity contribution in [2.75, 3.05) is 0 Å². The average molecular weight is 266 g/mol. The van der Waals surface area contributed by atoms with Crippen LogP contribution in [0.25, 0.3) is 0 Å². The largest absolute Gasteiger partial charge is 0.339 e. The molecule has 1 heterocycles. The monoisotopic (exact) mass is 266 g/mol. The molecule has 0 aliphatic rings. The molecule has 6 heteroatoms. The van der Waals surface area contributed by atoms with Crippen molar-refractivity contribution >= 4 is 5.78 Å². The van der Waals surface area contributed by atoms with Gasteiger partial charge < -0.3 is 4.52 Å². The number of hydrogen-bond acceptors (Lipinski definition) is 4. The molecular weight excluding hydrogens is 254 g/mol. The van der Waals surface area contributed by atoms with E-state index in [-0.39, 0.29) is 5.89 Å². The van der Waals surface area contributed by atoms with E-state index in [4.69, 9.17) is 4.52 Å². The topological polar surface area (TPSA) is 56.0 Å². The van der Waals surface area contributed by atoms with Crippen molar-refractivity contribution < 1.29 is 18.1 Å². The number of benzene rings is 1. The highest BCUT2D eigenvalue weighted by Gasteiger charge is 2.19.